The monoisotopic (exact) mass is 536 g/mol. The Balaban J connectivity index is 1.24. The quantitative estimate of drug-likeness (QED) is 0.330. The summed E-state index contributed by atoms with van der Waals surface area (Å²) >= 11 is 9.47. The minimum atomic E-state index is 0.0499. The van der Waals surface area contributed by atoms with Crippen LogP contribution in [-0.4, -0.2) is 33.4 Å². The number of aromatic nitrogens is 2. The van der Waals surface area contributed by atoms with Crippen LogP contribution in [0.15, 0.2) is 77.3 Å². The number of carbonyl (C=O) groups excluding carboxylic acids is 1. The van der Waals surface area contributed by atoms with Gasteiger partial charge in [0.25, 0.3) is 0 Å². The number of nitrogens with zero attached hydrogens (tertiary/aromatic N) is 3. The smallest absolute Gasteiger partial charge is 0.223 e. The lowest BCUT2D eigenvalue weighted by Gasteiger charge is -2.31. The number of halogens is 2. The summed E-state index contributed by atoms with van der Waals surface area (Å²) in [5.74, 6) is 1.21. The average Bonchev–Trinajstić information content (AvgIpc) is 3.22. The maximum atomic E-state index is 12.7. The molecule has 3 aromatic carbocycles. The van der Waals surface area contributed by atoms with Gasteiger partial charge in [0.2, 0.25) is 5.91 Å². The van der Waals surface area contributed by atoms with Crippen LogP contribution in [0.25, 0.3) is 16.7 Å². The van der Waals surface area contributed by atoms with Gasteiger partial charge in [-0.05, 0) is 80.0 Å². The van der Waals surface area contributed by atoms with Gasteiger partial charge in [0.15, 0.2) is 0 Å². The molecular weight excluding hydrogens is 512 g/mol. The maximum Gasteiger partial charge on any atom is 0.223 e. The van der Waals surface area contributed by atoms with Gasteiger partial charge < -0.3 is 5.32 Å². The number of fused-ring (bicyclic) bond motifs is 1. The summed E-state index contributed by atoms with van der Waals surface area (Å²) in [5.41, 5.74) is 4.26. The number of para-hydroxylation sites is 2. The summed E-state index contributed by atoms with van der Waals surface area (Å²) in [7, 11) is 0. The Labute approximate surface area is 212 Å². The standard InChI is InChI=1S/C27H26BrClN4O/c28-21-7-11-23(12-8-21)33-25-4-2-1-3-24(25)31-26(33)18-32-15-13-20(14-16-32)27(34)30-17-19-5-9-22(29)10-6-19/h1-12,20H,13-18H2,(H,30,34). The third-order valence-corrected chi connectivity index (χ3v) is 7.20. The Morgan fingerprint density at radius 1 is 1.00 bits per heavy atom. The third kappa shape index (κ3) is 5.19. The van der Waals surface area contributed by atoms with Gasteiger partial charge in [-0.15, -0.1) is 0 Å². The van der Waals surface area contributed by atoms with E-state index >= 15 is 0 Å². The molecule has 1 aromatic heterocycles. The molecule has 0 bridgehead atoms. The van der Waals surface area contributed by atoms with Crippen molar-refractivity contribution >= 4 is 44.5 Å². The fourth-order valence-electron chi connectivity index (χ4n) is 4.55. The van der Waals surface area contributed by atoms with Crippen LogP contribution >= 0.6 is 27.5 Å². The van der Waals surface area contributed by atoms with E-state index < -0.39 is 0 Å². The molecule has 7 heteroatoms. The molecule has 0 atom stereocenters. The molecule has 1 N–H and O–H groups in total. The van der Waals surface area contributed by atoms with E-state index in [0.717, 1.165) is 65.1 Å². The number of nitrogens with one attached hydrogen (secondary N) is 1. The van der Waals surface area contributed by atoms with E-state index in [4.69, 9.17) is 16.6 Å². The maximum absolute atomic E-state index is 12.7. The van der Waals surface area contributed by atoms with Gasteiger partial charge in [0.1, 0.15) is 5.82 Å². The molecule has 0 saturated carbocycles. The van der Waals surface area contributed by atoms with Crippen molar-refractivity contribution in [2.45, 2.75) is 25.9 Å². The predicted octanol–water partition coefficient (Wildman–Crippen LogP) is 5.97. The molecule has 0 unspecified atom stereocenters. The molecule has 1 aliphatic heterocycles. The van der Waals surface area contributed by atoms with E-state index in [1.807, 2.05) is 30.3 Å². The molecule has 5 rings (SSSR count). The van der Waals surface area contributed by atoms with Crippen molar-refractivity contribution in [3.63, 3.8) is 0 Å². The zero-order valence-electron chi connectivity index (χ0n) is 18.8. The summed E-state index contributed by atoms with van der Waals surface area (Å²) < 4.78 is 3.30. The van der Waals surface area contributed by atoms with Crippen LogP contribution in [-0.2, 0) is 17.9 Å². The zero-order valence-corrected chi connectivity index (χ0v) is 21.1. The molecule has 174 valence electrons. The first-order valence-electron chi connectivity index (χ1n) is 11.5. The number of hydrogen-bond acceptors (Lipinski definition) is 3. The number of hydrogen-bond donors (Lipinski definition) is 1. The first-order valence-corrected chi connectivity index (χ1v) is 12.7. The van der Waals surface area contributed by atoms with Gasteiger partial charge in [-0.25, -0.2) is 4.98 Å². The van der Waals surface area contributed by atoms with Gasteiger partial charge in [0.05, 0.1) is 17.6 Å². The highest BCUT2D eigenvalue weighted by Crippen LogP contribution is 2.26. The summed E-state index contributed by atoms with van der Waals surface area (Å²) in [6.07, 6.45) is 1.70. The first-order chi connectivity index (χ1) is 16.6. The molecule has 5 nitrogen and oxygen atoms in total. The van der Waals surface area contributed by atoms with Gasteiger partial charge in [-0.3, -0.25) is 14.3 Å². The molecule has 1 amide bonds. The predicted molar refractivity (Wildman–Crippen MR) is 140 cm³/mol. The summed E-state index contributed by atoms with van der Waals surface area (Å²) in [6, 6.07) is 24.2. The van der Waals surface area contributed by atoms with E-state index in [0.29, 0.717) is 11.6 Å². The summed E-state index contributed by atoms with van der Waals surface area (Å²) in [5, 5.41) is 3.79. The number of rotatable bonds is 6. The van der Waals surface area contributed by atoms with Crippen molar-refractivity contribution in [2.75, 3.05) is 13.1 Å². The number of carbonyl (C=O) groups is 1. The van der Waals surface area contributed by atoms with E-state index in [2.05, 4.69) is 73.2 Å². The van der Waals surface area contributed by atoms with Crippen molar-refractivity contribution in [1.29, 1.82) is 0 Å². The SMILES string of the molecule is O=C(NCc1ccc(Cl)cc1)C1CCN(Cc2nc3ccccc3n2-c2ccc(Br)cc2)CC1. The molecule has 1 fully saturated rings. The second-order valence-electron chi connectivity index (χ2n) is 8.72. The van der Waals surface area contributed by atoms with Crippen molar-refractivity contribution < 1.29 is 4.79 Å². The van der Waals surface area contributed by atoms with Crippen molar-refractivity contribution in [3.8, 4) is 5.69 Å². The second kappa shape index (κ2) is 10.3. The number of amides is 1. The lowest BCUT2D eigenvalue weighted by Crippen LogP contribution is -2.40. The normalized spacial score (nSPS) is 15.0. The summed E-state index contributed by atoms with van der Waals surface area (Å²) in [6.45, 7) is 3.04. The molecule has 0 radical (unpaired) electrons. The molecule has 34 heavy (non-hydrogen) atoms. The van der Waals surface area contributed by atoms with Gasteiger partial charge >= 0.3 is 0 Å². The minimum Gasteiger partial charge on any atom is -0.352 e. The van der Waals surface area contributed by atoms with Gasteiger partial charge in [-0.1, -0.05) is 51.8 Å². The number of imidazole rings is 1. The lowest BCUT2D eigenvalue weighted by atomic mass is 9.96. The summed E-state index contributed by atoms with van der Waals surface area (Å²) in [4.78, 5) is 20.1. The molecule has 2 heterocycles. The van der Waals surface area contributed by atoms with Crippen LogP contribution in [0.1, 0.15) is 24.2 Å². The third-order valence-electron chi connectivity index (χ3n) is 6.42. The first kappa shape index (κ1) is 23.1. The Kier molecular flexibility index (Phi) is 6.99. The van der Waals surface area contributed by atoms with Gasteiger partial charge in [-0.2, -0.15) is 0 Å². The minimum absolute atomic E-state index is 0.0499. The lowest BCUT2D eigenvalue weighted by molar-refractivity contribution is -0.126. The van der Waals surface area contributed by atoms with Crippen LogP contribution in [0.5, 0.6) is 0 Å². The second-order valence-corrected chi connectivity index (χ2v) is 10.1. The molecule has 1 aliphatic rings. The average molecular weight is 538 g/mol. The van der Waals surface area contributed by atoms with Crippen molar-refractivity contribution in [1.82, 2.24) is 19.8 Å². The van der Waals surface area contributed by atoms with E-state index in [-0.39, 0.29) is 11.8 Å². The van der Waals surface area contributed by atoms with E-state index in [9.17, 15) is 4.79 Å². The van der Waals surface area contributed by atoms with Gasteiger partial charge in [0, 0.05) is 27.6 Å². The molecule has 4 aromatic rings. The van der Waals surface area contributed by atoms with Crippen molar-refractivity contribution in [2.24, 2.45) is 5.92 Å². The Morgan fingerprint density at radius 2 is 1.71 bits per heavy atom. The largest absolute Gasteiger partial charge is 0.352 e. The van der Waals surface area contributed by atoms with Crippen LogP contribution < -0.4 is 5.32 Å². The molecule has 0 spiro atoms. The van der Waals surface area contributed by atoms with Crippen LogP contribution in [0.3, 0.4) is 0 Å². The van der Waals surface area contributed by atoms with E-state index in [1.54, 1.807) is 0 Å². The van der Waals surface area contributed by atoms with Crippen LogP contribution in [0.4, 0.5) is 0 Å². The highest BCUT2D eigenvalue weighted by atomic mass is 79.9. The zero-order chi connectivity index (χ0) is 23.5. The number of benzene rings is 3. The van der Waals surface area contributed by atoms with Crippen LogP contribution in [0.2, 0.25) is 5.02 Å². The molecule has 1 saturated heterocycles. The highest BCUT2D eigenvalue weighted by molar-refractivity contribution is 9.10. The fourth-order valence-corrected chi connectivity index (χ4v) is 4.94. The number of likely N-dealkylation sites (tertiary alicyclic amines) is 1. The topological polar surface area (TPSA) is 50.2 Å². The Morgan fingerprint density at radius 3 is 2.44 bits per heavy atom. The van der Waals surface area contributed by atoms with Crippen molar-refractivity contribution in [3.05, 3.63) is 93.7 Å². The Bertz CT molecular complexity index is 1280. The Hall–Kier alpha value is -2.67. The number of piperidine rings is 1. The fraction of sp³-hybridized carbons (Fsp3) is 0.259. The van der Waals surface area contributed by atoms with Crippen LogP contribution in [0, 0.1) is 5.92 Å². The highest BCUT2D eigenvalue weighted by Gasteiger charge is 2.26. The van der Waals surface area contributed by atoms with E-state index in [1.165, 1.54) is 0 Å². The molecule has 0 aliphatic carbocycles. The molecular formula is C27H26BrClN4O.